The SMILES string of the molecule is CC(C)[C@H](NCC(=O)NNC(=O)c1ccccc1Br)c1ccccc1. The van der Waals surface area contributed by atoms with Gasteiger partial charge in [0.05, 0.1) is 12.1 Å². The summed E-state index contributed by atoms with van der Waals surface area (Å²) in [7, 11) is 0. The molecule has 0 radical (unpaired) electrons. The summed E-state index contributed by atoms with van der Waals surface area (Å²) in [5.74, 6) is -0.351. The van der Waals surface area contributed by atoms with E-state index >= 15 is 0 Å². The molecule has 132 valence electrons. The number of hydrogen-bond acceptors (Lipinski definition) is 3. The Balaban J connectivity index is 1.85. The first-order chi connectivity index (χ1) is 12.0. The highest BCUT2D eigenvalue weighted by Gasteiger charge is 2.16. The van der Waals surface area contributed by atoms with Crippen LogP contribution in [-0.2, 0) is 4.79 Å². The minimum atomic E-state index is -0.371. The first kappa shape index (κ1) is 19.1. The van der Waals surface area contributed by atoms with Crippen LogP contribution in [0.15, 0.2) is 59.1 Å². The van der Waals surface area contributed by atoms with Crippen molar-refractivity contribution in [2.75, 3.05) is 6.54 Å². The van der Waals surface area contributed by atoms with Crippen molar-refractivity contribution in [2.24, 2.45) is 5.92 Å². The minimum Gasteiger partial charge on any atom is -0.301 e. The Bertz CT molecular complexity index is 720. The quantitative estimate of drug-likeness (QED) is 0.648. The molecule has 0 aliphatic rings. The molecule has 0 saturated carbocycles. The molecule has 0 aliphatic carbocycles. The highest BCUT2D eigenvalue weighted by Crippen LogP contribution is 2.20. The molecule has 0 fully saturated rings. The van der Waals surface area contributed by atoms with Gasteiger partial charge in [0.25, 0.3) is 11.8 Å². The minimum absolute atomic E-state index is 0.0610. The van der Waals surface area contributed by atoms with Gasteiger partial charge in [0.2, 0.25) is 0 Å². The summed E-state index contributed by atoms with van der Waals surface area (Å²) in [6.45, 7) is 4.29. The lowest BCUT2D eigenvalue weighted by Gasteiger charge is -2.22. The Hall–Kier alpha value is -2.18. The Morgan fingerprint density at radius 3 is 2.24 bits per heavy atom. The maximum Gasteiger partial charge on any atom is 0.270 e. The van der Waals surface area contributed by atoms with Gasteiger partial charge >= 0.3 is 0 Å². The number of hydrazine groups is 1. The van der Waals surface area contributed by atoms with Crippen molar-refractivity contribution in [3.05, 3.63) is 70.2 Å². The van der Waals surface area contributed by atoms with Crippen LogP contribution >= 0.6 is 15.9 Å². The normalized spacial score (nSPS) is 11.8. The number of carbonyl (C=O) groups is 2. The molecular formula is C19H22BrN3O2. The highest BCUT2D eigenvalue weighted by molar-refractivity contribution is 9.10. The molecule has 2 rings (SSSR count). The third-order valence-electron chi connectivity index (χ3n) is 3.74. The molecule has 0 unspecified atom stereocenters. The second-order valence-corrected chi connectivity index (χ2v) is 6.85. The second-order valence-electron chi connectivity index (χ2n) is 6.00. The summed E-state index contributed by atoms with van der Waals surface area (Å²) in [6.07, 6.45) is 0. The number of rotatable bonds is 6. The predicted molar refractivity (Wildman–Crippen MR) is 102 cm³/mol. The molecule has 6 heteroatoms. The van der Waals surface area contributed by atoms with Crippen LogP contribution in [0.3, 0.4) is 0 Å². The lowest BCUT2D eigenvalue weighted by molar-refractivity contribution is -0.121. The fourth-order valence-electron chi connectivity index (χ4n) is 2.48. The molecule has 25 heavy (non-hydrogen) atoms. The van der Waals surface area contributed by atoms with Crippen LogP contribution in [0.5, 0.6) is 0 Å². The Morgan fingerprint density at radius 2 is 1.60 bits per heavy atom. The Kier molecular flexibility index (Phi) is 7.16. The van der Waals surface area contributed by atoms with Crippen LogP contribution < -0.4 is 16.2 Å². The van der Waals surface area contributed by atoms with Crippen LogP contribution in [0.25, 0.3) is 0 Å². The van der Waals surface area contributed by atoms with E-state index < -0.39 is 0 Å². The predicted octanol–water partition coefficient (Wildman–Crippen LogP) is 3.20. The topological polar surface area (TPSA) is 70.2 Å². The van der Waals surface area contributed by atoms with E-state index in [1.807, 2.05) is 36.4 Å². The van der Waals surface area contributed by atoms with Crippen LogP contribution in [0.4, 0.5) is 0 Å². The summed E-state index contributed by atoms with van der Waals surface area (Å²) in [5, 5.41) is 3.24. The molecule has 5 nitrogen and oxygen atoms in total. The Labute approximate surface area is 156 Å². The van der Waals surface area contributed by atoms with Crippen LogP contribution in [0, 0.1) is 5.92 Å². The van der Waals surface area contributed by atoms with E-state index in [1.165, 1.54) is 0 Å². The molecule has 0 spiro atoms. The fraction of sp³-hybridized carbons (Fsp3) is 0.263. The van der Waals surface area contributed by atoms with E-state index in [4.69, 9.17) is 0 Å². The zero-order valence-corrected chi connectivity index (χ0v) is 15.8. The zero-order chi connectivity index (χ0) is 18.2. The van der Waals surface area contributed by atoms with Gasteiger partial charge in [0, 0.05) is 10.5 Å². The molecule has 0 heterocycles. The van der Waals surface area contributed by atoms with Gasteiger partial charge in [-0.25, -0.2) is 0 Å². The van der Waals surface area contributed by atoms with Crippen molar-refractivity contribution in [3.63, 3.8) is 0 Å². The van der Waals surface area contributed by atoms with Crippen molar-refractivity contribution >= 4 is 27.7 Å². The zero-order valence-electron chi connectivity index (χ0n) is 14.3. The molecule has 0 bridgehead atoms. The first-order valence-electron chi connectivity index (χ1n) is 8.11. The standard InChI is InChI=1S/C19H22BrN3O2/c1-13(2)18(14-8-4-3-5-9-14)21-12-17(24)22-23-19(25)15-10-6-7-11-16(15)20/h3-11,13,18,21H,12H2,1-2H3,(H,22,24)(H,23,25)/t18-/m0/s1. The monoisotopic (exact) mass is 403 g/mol. The summed E-state index contributed by atoms with van der Waals surface area (Å²) < 4.78 is 0.670. The van der Waals surface area contributed by atoms with Crippen LogP contribution in [0.2, 0.25) is 0 Å². The number of nitrogens with one attached hydrogen (secondary N) is 3. The van der Waals surface area contributed by atoms with Gasteiger partial charge in [-0.1, -0.05) is 56.3 Å². The number of benzene rings is 2. The van der Waals surface area contributed by atoms with E-state index in [0.29, 0.717) is 16.0 Å². The van der Waals surface area contributed by atoms with Crippen molar-refractivity contribution < 1.29 is 9.59 Å². The number of hydrogen-bond donors (Lipinski definition) is 3. The number of amides is 2. The van der Waals surface area contributed by atoms with E-state index in [9.17, 15) is 9.59 Å². The van der Waals surface area contributed by atoms with Crippen molar-refractivity contribution in [1.82, 2.24) is 16.2 Å². The molecule has 3 N–H and O–H groups in total. The Morgan fingerprint density at radius 1 is 0.960 bits per heavy atom. The molecule has 0 aliphatic heterocycles. The van der Waals surface area contributed by atoms with Gasteiger partial charge in [0.15, 0.2) is 0 Å². The largest absolute Gasteiger partial charge is 0.301 e. The molecule has 2 aromatic rings. The van der Waals surface area contributed by atoms with Crippen molar-refractivity contribution in [1.29, 1.82) is 0 Å². The molecule has 0 saturated heterocycles. The van der Waals surface area contributed by atoms with E-state index in [1.54, 1.807) is 18.2 Å². The van der Waals surface area contributed by atoms with Gasteiger partial charge in [-0.3, -0.25) is 20.4 Å². The summed E-state index contributed by atoms with van der Waals surface area (Å²) >= 11 is 3.31. The summed E-state index contributed by atoms with van der Waals surface area (Å²) in [5.41, 5.74) is 6.44. The number of halogens is 1. The smallest absolute Gasteiger partial charge is 0.270 e. The van der Waals surface area contributed by atoms with Gasteiger partial charge in [-0.05, 0) is 39.5 Å². The van der Waals surface area contributed by atoms with E-state index in [2.05, 4.69) is 45.9 Å². The second kappa shape index (κ2) is 9.34. The van der Waals surface area contributed by atoms with E-state index in [-0.39, 0.29) is 24.4 Å². The molecule has 2 amide bonds. The average Bonchev–Trinajstić information content (AvgIpc) is 2.61. The molecule has 2 aromatic carbocycles. The number of carbonyl (C=O) groups excluding carboxylic acids is 2. The summed E-state index contributed by atoms with van der Waals surface area (Å²) in [6, 6.07) is 17.1. The fourth-order valence-corrected chi connectivity index (χ4v) is 2.95. The van der Waals surface area contributed by atoms with Crippen LogP contribution in [0.1, 0.15) is 35.8 Å². The summed E-state index contributed by atoms with van der Waals surface area (Å²) in [4.78, 5) is 24.1. The maximum atomic E-state index is 12.1. The van der Waals surface area contributed by atoms with Gasteiger partial charge in [-0.15, -0.1) is 0 Å². The third kappa shape index (κ3) is 5.69. The van der Waals surface area contributed by atoms with Crippen LogP contribution in [-0.4, -0.2) is 18.4 Å². The highest BCUT2D eigenvalue weighted by atomic mass is 79.9. The lowest BCUT2D eigenvalue weighted by atomic mass is 9.96. The van der Waals surface area contributed by atoms with Gasteiger partial charge in [0.1, 0.15) is 0 Å². The van der Waals surface area contributed by atoms with Gasteiger partial charge in [-0.2, -0.15) is 0 Å². The first-order valence-corrected chi connectivity index (χ1v) is 8.90. The molecule has 0 aromatic heterocycles. The molecular weight excluding hydrogens is 382 g/mol. The lowest BCUT2D eigenvalue weighted by Crippen LogP contribution is -2.46. The van der Waals surface area contributed by atoms with Crippen molar-refractivity contribution in [3.8, 4) is 0 Å². The van der Waals surface area contributed by atoms with Gasteiger partial charge < -0.3 is 5.32 Å². The maximum absolute atomic E-state index is 12.1. The molecule has 1 atom stereocenters. The van der Waals surface area contributed by atoms with Crippen molar-refractivity contribution in [2.45, 2.75) is 19.9 Å². The van der Waals surface area contributed by atoms with E-state index in [0.717, 1.165) is 5.56 Å². The third-order valence-corrected chi connectivity index (χ3v) is 4.43. The average molecular weight is 404 g/mol.